The van der Waals surface area contributed by atoms with Crippen molar-refractivity contribution in [2.24, 2.45) is 35.5 Å². The normalized spacial score (nSPS) is 18.9. The number of thiazole rings is 1. The van der Waals surface area contributed by atoms with Crippen molar-refractivity contribution in [3.8, 4) is 0 Å². The molecule has 0 spiro atoms. The number of likely N-dealkylation sites (N-methyl/N-ethyl adjacent to an activating group) is 1. The van der Waals surface area contributed by atoms with Crippen molar-refractivity contribution in [1.29, 1.82) is 5.41 Å². The number of carbonyl (C=O) groups excluding carboxylic acids is 8. The molecule has 0 aliphatic carbocycles. The number of Topliss-reactive ketones (excluding diaryl/α,β-unsaturated/α-hetero) is 3. The fourth-order valence-corrected chi connectivity index (χ4v) is 12.7. The van der Waals surface area contributed by atoms with Gasteiger partial charge in [-0.2, -0.15) is 0 Å². The maximum Gasteiger partial charge on any atom is 0.306 e. The Morgan fingerprint density at radius 1 is 0.847 bits per heavy atom. The summed E-state index contributed by atoms with van der Waals surface area (Å²) in [4.78, 5) is 128. The second-order valence-corrected chi connectivity index (χ2v) is 25.7. The number of ether oxygens (including phenoxy) is 1. The van der Waals surface area contributed by atoms with Crippen molar-refractivity contribution in [3.63, 3.8) is 0 Å². The SMILES string of the molecule is CC[C@H](C)[C@H](CC(=O)[C@H]1CCCC[N+]1(C)Cc1ccc(CC(=O)[C@H](C)NC(=O)[C@@H](CC(=O)CCCCCN2C(=N)C=CC2=O)C(C)C)cc1)C(=O)N(C)[C@H](C[C@@H](OC(C)=O)c1nc(C(=O)N[C@@H](Cc2ccccc2)C[C@H](C)C(=O)O)cs1)C(C)C. The van der Waals surface area contributed by atoms with E-state index in [1.807, 2.05) is 96.1 Å². The molecule has 1 fully saturated rings. The van der Waals surface area contributed by atoms with Crippen molar-refractivity contribution in [2.75, 3.05) is 27.2 Å². The standard InChI is InChI=1S/C66H93N7O11S/c1-12-43(6)53(65(81)71(10)55(42(4)5)38-59(84-46(9)74)64-70-54(40-85-64)63(80)69-50(33-44(7)66(82)83)34-47-21-15-13-16-22-47)37-58(77)56-24-18-20-32-73(56,11)39-49-27-25-48(26-28-49)35-57(76)45(8)68-62(79)52(41(2)3)36-51(75)23-17-14-19-31-72-60(67)29-30-61(72)78/h13,15-16,21-22,25-30,40-45,50,52-53,55-56,59,67H,12,14,17-20,23-24,31-39H2,1-11H3,(H2-,68,69,79,80,82,83)/p+1/t43-,44-,45-,50+,52-,53-,55+,56+,59+,73?/m0/s1. The van der Waals surface area contributed by atoms with Crippen LogP contribution in [0.2, 0.25) is 0 Å². The molecule has 4 amide bonds. The summed E-state index contributed by atoms with van der Waals surface area (Å²) < 4.78 is 6.36. The zero-order chi connectivity index (χ0) is 62.7. The van der Waals surface area contributed by atoms with Crippen LogP contribution in [0.3, 0.4) is 0 Å². The van der Waals surface area contributed by atoms with E-state index in [9.17, 15) is 48.3 Å². The molecule has 2 aliphatic rings. The number of hydrogen-bond acceptors (Lipinski definition) is 13. The van der Waals surface area contributed by atoms with Crippen molar-refractivity contribution in [3.05, 3.63) is 99.5 Å². The largest absolute Gasteiger partial charge is 0.481 e. The first-order valence-electron chi connectivity index (χ1n) is 30.6. The number of carbonyl (C=O) groups is 9. The van der Waals surface area contributed by atoms with Crippen LogP contribution in [0.1, 0.15) is 178 Å². The number of amidine groups is 1. The van der Waals surface area contributed by atoms with Gasteiger partial charge in [0.05, 0.1) is 25.6 Å². The highest BCUT2D eigenvalue weighted by Gasteiger charge is 2.44. The monoisotopic (exact) mass is 1190 g/mol. The third-order valence-corrected chi connectivity index (χ3v) is 18.3. The summed E-state index contributed by atoms with van der Waals surface area (Å²) >= 11 is 1.17. The highest BCUT2D eigenvalue weighted by atomic mass is 32.1. The van der Waals surface area contributed by atoms with Gasteiger partial charge in [-0.3, -0.25) is 53.5 Å². The van der Waals surface area contributed by atoms with Gasteiger partial charge < -0.3 is 29.9 Å². The Morgan fingerprint density at radius 2 is 1.53 bits per heavy atom. The molecule has 3 aromatic rings. The van der Waals surface area contributed by atoms with Gasteiger partial charge in [0.1, 0.15) is 34.9 Å². The summed E-state index contributed by atoms with van der Waals surface area (Å²) in [5, 5.41) is 25.3. The van der Waals surface area contributed by atoms with Gasteiger partial charge in [0.15, 0.2) is 17.7 Å². The summed E-state index contributed by atoms with van der Waals surface area (Å²) in [5.41, 5.74) is 2.83. The predicted octanol–water partition coefficient (Wildman–Crippen LogP) is 9.68. The molecule has 18 nitrogen and oxygen atoms in total. The number of ketones is 3. The third kappa shape index (κ3) is 20.5. The zero-order valence-electron chi connectivity index (χ0n) is 52.0. The van der Waals surface area contributed by atoms with Gasteiger partial charge in [-0.25, -0.2) is 4.98 Å². The Morgan fingerprint density at radius 3 is 2.14 bits per heavy atom. The van der Waals surface area contributed by atoms with Crippen molar-refractivity contribution >= 4 is 70.1 Å². The summed E-state index contributed by atoms with van der Waals surface area (Å²) in [6.45, 7) is 18.1. The summed E-state index contributed by atoms with van der Waals surface area (Å²) in [6.07, 6.45) is 8.48. The Bertz CT molecular complexity index is 2820. The predicted molar refractivity (Wildman–Crippen MR) is 328 cm³/mol. The van der Waals surface area contributed by atoms with E-state index < -0.39 is 59.8 Å². The van der Waals surface area contributed by atoms with E-state index in [1.54, 1.807) is 31.2 Å². The number of piperidine rings is 1. The molecule has 3 heterocycles. The average molecular weight is 1190 g/mol. The Labute approximate surface area is 507 Å². The molecule has 0 radical (unpaired) electrons. The number of carboxylic acid groups (broad SMARTS) is 1. The molecule has 0 saturated carbocycles. The number of carboxylic acids is 1. The Balaban J connectivity index is 1.19. The van der Waals surface area contributed by atoms with Crippen LogP contribution in [0.4, 0.5) is 0 Å². The molecule has 2 aromatic carbocycles. The van der Waals surface area contributed by atoms with Gasteiger partial charge in [-0.15, -0.1) is 11.3 Å². The number of hydrogen-bond donors (Lipinski definition) is 4. The first-order valence-corrected chi connectivity index (χ1v) is 31.4. The molecular weight excluding hydrogens is 1100 g/mol. The maximum atomic E-state index is 14.9. The number of aromatic nitrogens is 1. The third-order valence-electron chi connectivity index (χ3n) is 17.4. The first-order chi connectivity index (χ1) is 40.2. The van der Waals surface area contributed by atoms with E-state index in [1.165, 1.54) is 35.3 Å². The van der Waals surface area contributed by atoms with Crippen molar-refractivity contribution in [2.45, 2.75) is 189 Å². The molecule has 2 aliphatic heterocycles. The molecule has 85 heavy (non-hydrogen) atoms. The summed E-state index contributed by atoms with van der Waals surface area (Å²) in [6, 6.07) is 15.2. The van der Waals surface area contributed by atoms with Crippen LogP contribution >= 0.6 is 11.3 Å². The molecule has 1 unspecified atom stereocenters. The average Bonchev–Trinajstić information content (AvgIpc) is 4.14. The lowest BCUT2D eigenvalue weighted by atomic mass is 9.82. The first kappa shape index (κ1) is 69.0. The molecule has 4 N–H and O–H groups in total. The minimum atomic E-state index is -0.965. The van der Waals surface area contributed by atoms with Crippen LogP contribution in [-0.4, -0.2) is 134 Å². The van der Waals surface area contributed by atoms with E-state index in [4.69, 9.17) is 10.1 Å². The van der Waals surface area contributed by atoms with Gasteiger partial charge in [0.2, 0.25) is 11.8 Å². The van der Waals surface area contributed by atoms with E-state index in [-0.39, 0.29) is 103 Å². The van der Waals surface area contributed by atoms with E-state index in [0.29, 0.717) is 67.5 Å². The molecular formula is C66H94N7O11S+. The van der Waals surface area contributed by atoms with Crippen LogP contribution in [0.25, 0.3) is 0 Å². The van der Waals surface area contributed by atoms with Crippen LogP contribution in [0, 0.1) is 40.9 Å². The number of benzene rings is 2. The van der Waals surface area contributed by atoms with E-state index >= 15 is 0 Å². The van der Waals surface area contributed by atoms with E-state index in [2.05, 4.69) is 22.7 Å². The Hall–Kier alpha value is -6.73. The number of rotatable bonds is 35. The smallest absolute Gasteiger partial charge is 0.306 e. The van der Waals surface area contributed by atoms with Gasteiger partial charge >= 0.3 is 11.9 Å². The molecule has 5 rings (SSSR count). The lowest BCUT2D eigenvalue weighted by Gasteiger charge is -2.44. The topological polar surface area (TPSA) is 250 Å². The van der Waals surface area contributed by atoms with Gasteiger partial charge in [0, 0.05) is 100.0 Å². The van der Waals surface area contributed by atoms with Crippen molar-refractivity contribution in [1.82, 2.24) is 25.4 Å². The Kier molecular flexibility index (Phi) is 26.5. The maximum absolute atomic E-state index is 14.9. The molecule has 1 saturated heterocycles. The molecule has 19 heteroatoms. The fourth-order valence-electron chi connectivity index (χ4n) is 11.8. The van der Waals surface area contributed by atoms with Crippen LogP contribution in [-0.2, 0) is 62.5 Å². The second-order valence-electron chi connectivity index (χ2n) is 24.8. The number of nitrogens with one attached hydrogen (secondary N) is 3. The molecule has 1 aromatic heterocycles. The number of amides is 4. The lowest BCUT2D eigenvalue weighted by Crippen LogP contribution is -2.58. The molecule has 464 valence electrons. The number of quaternary nitrogens is 1. The van der Waals surface area contributed by atoms with Crippen LogP contribution in [0.5, 0.6) is 0 Å². The highest BCUT2D eigenvalue weighted by molar-refractivity contribution is 7.09. The number of likely N-dealkylation sites (tertiary alicyclic amines) is 1. The number of esters is 1. The molecule has 10 atom stereocenters. The van der Waals surface area contributed by atoms with E-state index in [0.717, 1.165) is 36.1 Å². The van der Waals surface area contributed by atoms with Crippen LogP contribution in [0.15, 0.2) is 72.1 Å². The number of unbranched alkanes of at least 4 members (excludes halogenated alkanes) is 2. The van der Waals surface area contributed by atoms with Crippen LogP contribution < -0.4 is 10.6 Å². The minimum absolute atomic E-state index is 0.0294. The minimum Gasteiger partial charge on any atom is -0.481 e. The fraction of sp³-hybridized carbons (Fsp3) is 0.591. The molecule has 0 bridgehead atoms. The summed E-state index contributed by atoms with van der Waals surface area (Å²) in [7, 11) is 3.85. The number of nitrogens with zero attached hydrogens (tertiary/aromatic N) is 4. The quantitative estimate of drug-likeness (QED) is 0.0244. The number of aliphatic carboxylic acids is 1. The zero-order valence-corrected chi connectivity index (χ0v) is 52.8. The van der Waals surface area contributed by atoms with Gasteiger partial charge in [-0.05, 0) is 80.4 Å². The second kappa shape index (κ2) is 32.7. The lowest BCUT2D eigenvalue weighted by molar-refractivity contribution is -0.941. The van der Waals surface area contributed by atoms with Gasteiger partial charge in [0.25, 0.3) is 11.8 Å². The highest BCUT2D eigenvalue weighted by Crippen LogP contribution is 2.35. The van der Waals surface area contributed by atoms with Crippen molar-refractivity contribution < 1.29 is 57.5 Å². The van der Waals surface area contributed by atoms with Gasteiger partial charge in [-0.1, -0.05) is 116 Å². The summed E-state index contributed by atoms with van der Waals surface area (Å²) in [5.74, 6) is -4.97.